The van der Waals surface area contributed by atoms with E-state index in [4.69, 9.17) is 11.6 Å². The van der Waals surface area contributed by atoms with Crippen LogP contribution in [0.25, 0.3) is 5.69 Å². The number of rotatable bonds is 5. The zero-order valence-corrected chi connectivity index (χ0v) is 16.2. The van der Waals surface area contributed by atoms with Crippen molar-refractivity contribution in [1.82, 2.24) is 15.1 Å². The second kappa shape index (κ2) is 8.11. The Morgan fingerprint density at radius 2 is 2.12 bits per heavy atom. The average molecular weight is 395 g/mol. The van der Waals surface area contributed by atoms with Crippen LogP contribution in [0.15, 0.2) is 24.3 Å². The molecule has 1 aliphatic rings. The Morgan fingerprint density at radius 1 is 1.31 bits per heavy atom. The third-order valence-electron chi connectivity index (χ3n) is 3.95. The molecular weight excluding hydrogens is 374 g/mol. The minimum Gasteiger partial charge on any atom is -0.342 e. The number of benzene rings is 1. The van der Waals surface area contributed by atoms with E-state index >= 15 is 0 Å². The van der Waals surface area contributed by atoms with Crippen molar-refractivity contribution in [2.45, 2.75) is 11.5 Å². The second-order valence-corrected chi connectivity index (χ2v) is 7.75. The van der Waals surface area contributed by atoms with E-state index in [1.54, 1.807) is 28.6 Å². The number of carbonyl (C=O) groups is 2. The summed E-state index contributed by atoms with van der Waals surface area (Å²) in [5, 5.41) is 10.5. The molecule has 26 heavy (non-hydrogen) atoms. The van der Waals surface area contributed by atoms with Gasteiger partial charge in [-0.15, -0.1) is 0 Å². The summed E-state index contributed by atoms with van der Waals surface area (Å²) in [6.07, 6.45) is 0. The van der Waals surface area contributed by atoms with Crippen molar-refractivity contribution in [2.24, 2.45) is 0 Å². The molecular formula is C17H21ClN5O2S+. The van der Waals surface area contributed by atoms with Gasteiger partial charge in [0.25, 0.3) is 0 Å². The summed E-state index contributed by atoms with van der Waals surface area (Å²) in [6.45, 7) is 1.18. The number of quaternary nitrogens is 1. The molecule has 2 heterocycles. The number of fused-ring (bicyclic) bond motifs is 1. The topological polar surface area (TPSA) is 80.5 Å². The Balaban J connectivity index is 1.81. The van der Waals surface area contributed by atoms with Crippen molar-refractivity contribution in [2.75, 3.05) is 32.5 Å². The normalized spacial score (nSPS) is 12.9. The number of likely N-dealkylation sites (N-methyl/N-ethyl adjacent to an activating group) is 1. The molecule has 9 heteroatoms. The van der Waals surface area contributed by atoms with E-state index in [9.17, 15) is 9.59 Å². The monoisotopic (exact) mass is 394 g/mol. The number of aromatic nitrogens is 2. The molecule has 0 saturated carbocycles. The summed E-state index contributed by atoms with van der Waals surface area (Å²) >= 11 is 7.81. The summed E-state index contributed by atoms with van der Waals surface area (Å²) in [5.41, 5.74) is 2.61. The van der Waals surface area contributed by atoms with Crippen molar-refractivity contribution in [1.29, 1.82) is 0 Å². The van der Waals surface area contributed by atoms with E-state index in [1.165, 1.54) is 4.90 Å². The predicted molar refractivity (Wildman–Crippen MR) is 103 cm³/mol. The van der Waals surface area contributed by atoms with Gasteiger partial charge in [-0.2, -0.15) is 16.9 Å². The zero-order valence-electron chi connectivity index (χ0n) is 14.6. The van der Waals surface area contributed by atoms with E-state index in [0.717, 1.165) is 35.0 Å². The quantitative estimate of drug-likeness (QED) is 0.644. The average Bonchev–Trinajstić information content (AvgIpc) is 3.17. The molecule has 138 valence electrons. The van der Waals surface area contributed by atoms with Crippen LogP contribution in [-0.4, -0.2) is 48.8 Å². The van der Waals surface area contributed by atoms with E-state index in [2.05, 4.69) is 15.7 Å². The first-order valence-electron chi connectivity index (χ1n) is 8.28. The highest BCUT2D eigenvalue weighted by atomic mass is 35.5. The van der Waals surface area contributed by atoms with Gasteiger partial charge in [-0.25, -0.2) is 4.68 Å². The molecule has 1 aromatic carbocycles. The van der Waals surface area contributed by atoms with E-state index in [1.807, 2.05) is 26.2 Å². The number of nitrogens with zero attached hydrogens (tertiary/aromatic N) is 2. The van der Waals surface area contributed by atoms with Crippen LogP contribution in [0.3, 0.4) is 0 Å². The maximum absolute atomic E-state index is 12.3. The van der Waals surface area contributed by atoms with Gasteiger partial charge in [0.05, 0.1) is 38.6 Å². The van der Waals surface area contributed by atoms with E-state index in [0.29, 0.717) is 17.4 Å². The van der Waals surface area contributed by atoms with Gasteiger partial charge in [0.15, 0.2) is 0 Å². The van der Waals surface area contributed by atoms with Crippen molar-refractivity contribution in [3.63, 3.8) is 0 Å². The molecule has 0 atom stereocenters. The Kier molecular flexibility index (Phi) is 5.85. The van der Waals surface area contributed by atoms with Crippen LogP contribution in [0.5, 0.6) is 0 Å². The highest BCUT2D eigenvalue weighted by molar-refractivity contribution is 7.98. The summed E-state index contributed by atoms with van der Waals surface area (Å²) in [6, 6.07) is 7.22. The van der Waals surface area contributed by atoms with Gasteiger partial charge in [-0.3, -0.25) is 9.59 Å². The first-order chi connectivity index (χ1) is 12.5. The lowest BCUT2D eigenvalue weighted by Gasteiger charge is -2.12. The van der Waals surface area contributed by atoms with Crippen LogP contribution in [0.4, 0.5) is 5.82 Å². The number of amides is 2. The third kappa shape index (κ3) is 4.20. The lowest BCUT2D eigenvalue weighted by molar-refractivity contribution is -0.856. The molecule has 2 aromatic rings. The molecule has 1 aliphatic heterocycles. The molecule has 0 saturated heterocycles. The number of halogens is 1. The molecule has 3 rings (SSSR count). The number of hydrogen-bond donors (Lipinski definition) is 3. The highest BCUT2D eigenvalue weighted by Gasteiger charge is 2.26. The number of thioether (sulfide) groups is 1. The Hall–Kier alpha value is -2.03. The van der Waals surface area contributed by atoms with Crippen LogP contribution >= 0.6 is 23.4 Å². The molecule has 7 nitrogen and oxygen atoms in total. The molecule has 3 N–H and O–H groups in total. The highest BCUT2D eigenvalue weighted by Crippen LogP contribution is 2.36. The van der Waals surface area contributed by atoms with Crippen LogP contribution in [-0.2, 0) is 21.1 Å². The first-order valence-corrected chi connectivity index (χ1v) is 9.81. The van der Waals surface area contributed by atoms with E-state index < -0.39 is 11.8 Å². The smallest absolute Gasteiger partial charge is 0.314 e. The minimum absolute atomic E-state index is 0.441. The summed E-state index contributed by atoms with van der Waals surface area (Å²) in [5.74, 6) is 0.720. The second-order valence-electron chi connectivity index (χ2n) is 6.33. The third-order valence-corrected chi connectivity index (χ3v) is 5.16. The van der Waals surface area contributed by atoms with Crippen molar-refractivity contribution >= 4 is 41.0 Å². The first kappa shape index (κ1) is 18.8. The maximum Gasteiger partial charge on any atom is 0.314 e. The van der Waals surface area contributed by atoms with Crippen LogP contribution in [0, 0.1) is 0 Å². The number of anilines is 1. The van der Waals surface area contributed by atoms with Gasteiger partial charge >= 0.3 is 11.8 Å². The lowest BCUT2D eigenvalue weighted by Crippen LogP contribution is -3.06. The summed E-state index contributed by atoms with van der Waals surface area (Å²) < 4.78 is 1.64. The molecule has 0 aliphatic carbocycles. The zero-order chi connectivity index (χ0) is 18.7. The predicted octanol–water partition coefficient (Wildman–Crippen LogP) is 0.472. The largest absolute Gasteiger partial charge is 0.342 e. The van der Waals surface area contributed by atoms with Crippen molar-refractivity contribution in [3.05, 3.63) is 40.5 Å². The standard InChI is InChI=1S/C17H20ClN5O2S/c1-22(2)7-6-19-16(24)17(25)20-15-13-9-26-10-14(13)21-23(15)12-5-3-4-11(18)8-12/h3-5,8H,6-7,9-10H2,1-2H3,(H,19,24)(H,20,25)/p+1. The Labute approximate surface area is 161 Å². The van der Waals surface area contributed by atoms with Crippen LogP contribution < -0.4 is 15.5 Å². The molecule has 0 spiro atoms. The molecule has 0 unspecified atom stereocenters. The Bertz CT molecular complexity index is 837. The van der Waals surface area contributed by atoms with Gasteiger partial charge in [-0.05, 0) is 18.2 Å². The van der Waals surface area contributed by atoms with Gasteiger partial charge in [-0.1, -0.05) is 17.7 Å². The lowest BCUT2D eigenvalue weighted by atomic mass is 10.2. The fourth-order valence-corrected chi connectivity index (χ4v) is 3.83. The summed E-state index contributed by atoms with van der Waals surface area (Å²) in [4.78, 5) is 25.6. The fraction of sp³-hybridized carbons (Fsp3) is 0.353. The van der Waals surface area contributed by atoms with E-state index in [-0.39, 0.29) is 0 Å². The molecule has 0 radical (unpaired) electrons. The van der Waals surface area contributed by atoms with Crippen molar-refractivity contribution in [3.8, 4) is 5.69 Å². The molecule has 2 amide bonds. The van der Waals surface area contributed by atoms with Gasteiger partial charge in [0.2, 0.25) is 0 Å². The molecule has 0 fully saturated rings. The SMILES string of the molecule is C[NH+](C)CCNC(=O)C(=O)Nc1c2c(nn1-c1cccc(Cl)c1)CSC2. The number of carbonyl (C=O) groups excluding carboxylic acids is 2. The Morgan fingerprint density at radius 3 is 2.85 bits per heavy atom. The summed E-state index contributed by atoms with van der Waals surface area (Å²) in [7, 11) is 3.97. The minimum atomic E-state index is -0.693. The molecule has 0 bridgehead atoms. The number of nitrogens with one attached hydrogen (secondary N) is 3. The van der Waals surface area contributed by atoms with Crippen LogP contribution in [0.1, 0.15) is 11.3 Å². The molecule has 1 aromatic heterocycles. The fourth-order valence-electron chi connectivity index (χ4n) is 2.61. The van der Waals surface area contributed by atoms with Gasteiger partial charge < -0.3 is 15.5 Å². The van der Waals surface area contributed by atoms with Crippen molar-refractivity contribution < 1.29 is 14.5 Å². The van der Waals surface area contributed by atoms with Gasteiger partial charge in [0, 0.05) is 22.1 Å². The van der Waals surface area contributed by atoms with Crippen LogP contribution in [0.2, 0.25) is 5.02 Å². The number of hydrogen-bond acceptors (Lipinski definition) is 4. The maximum atomic E-state index is 12.3. The van der Waals surface area contributed by atoms with Gasteiger partial charge in [0.1, 0.15) is 5.82 Å².